The Kier molecular flexibility index (Phi) is 5.01. The Morgan fingerprint density at radius 1 is 1.00 bits per heavy atom. The van der Waals surface area contributed by atoms with Crippen molar-refractivity contribution >= 4 is 45.5 Å². The number of aromatic nitrogens is 2. The molecule has 1 aliphatic rings. The van der Waals surface area contributed by atoms with Crippen molar-refractivity contribution in [2.75, 3.05) is 31.2 Å². The molecule has 7 nitrogen and oxygen atoms in total. The maximum atomic E-state index is 11.4. The minimum atomic E-state index is -0.391. The minimum Gasteiger partial charge on any atom is -0.373 e. The van der Waals surface area contributed by atoms with E-state index in [4.69, 9.17) is 4.74 Å². The number of para-hydroxylation sites is 2. The second-order valence-electron chi connectivity index (χ2n) is 7.44. The molecular formula is C24H21N4O3+. The fraction of sp³-hybridized carbons (Fsp3) is 0.167. The van der Waals surface area contributed by atoms with E-state index in [-0.39, 0.29) is 5.69 Å². The average Bonchev–Trinajstić information content (AvgIpc) is 2.82. The fourth-order valence-corrected chi connectivity index (χ4v) is 3.91. The number of hydrogen-bond donors (Lipinski definition) is 0. The van der Waals surface area contributed by atoms with Crippen LogP contribution in [0.1, 0.15) is 11.3 Å². The highest BCUT2D eigenvalue weighted by atomic mass is 16.6. The lowest BCUT2D eigenvalue weighted by molar-refractivity contribution is -0.383. The van der Waals surface area contributed by atoms with Gasteiger partial charge in [0.15, 0.2) is 0 Å². The smallest absolute Gasteiger partial charge is 0.295 e. The van der Waals surface area contributed by atoms with Gasteiger partial charge in [0, 0.05) is 16.8 Å². The number of non-ortho nitro benzene ring substituents is 1. The average molecular weight is 413 g/mol. The molecule has 31 heavy (non-hydrogen) atoms. The van der Waals surface area contributed by atoms with Crippen molar-refractivity contribution in [3.05, 3.63) is 82.0 Å². The Labute approximate surface area is 178 Å². The van der Waals surface area contributed by atoms with Crippen LogP contribution in [0.15, 0.2) is 60.7 Å². The molecule has 2 aromatic heterocycles. The van der Waals surface area contributed by atoms with Gasteiger partial charge >= 0.3 is 0 Å². The maximum Gasteiger partial charge on any atom is 0.295 e. The van der Waals surface area contributed by atoms with Gasteiger partial charge in [-0.25, -0.2) is 9.97 Å². The van der Waals surface area contributed by atoms with Gasteiger partial charge in [0.25, 0.3) is 11.5 Å². The number of nitro groups is 1. The van der Waals surface area contributed by atoms with E-state index in [0.29, 0.717) is 24.4 Å². The van der Waals surface area contributed by atoms with Crippen LogP contribution >= 0.6 is 0 Å². The summed E-state index contributed by atoms with van der Waals surface area (Å²) < 4.78 is 5.51. The molecule has 7 heteroatoms. The first-order chi connectivity index (χ1) is 15.2. The van der Waals surface area contributed by atoms with Crippen LogP contribution in [0.4, 0.5) is 11.5 Å². The van der Waals surface area contributed by atoms with Gasteiger partial charge in [0.05, 0.1) is 29.4 Å². The zero-order valence-electron chi connectivity index (χ0n) is 16.8. The lowest BCUT2D eigenvalue weighted by atomic mass is 10.1. The predicted molar refractivity (Wildman–Crippen MR) is 121 cm³/mol. The highest BCUT2D eigenvalue weighted by Gasteiger charge is 2.23. The van der Waals surface area contributed by atoms with E-state index in [9.17, 15) is 10.1 Å². The number of fused-ring (bicyclic) bond motifs is 2. The van der Waals surface area contributed by atoms with E-state index in [1.165, 1.54) is 6.07 Å². The Morgan fingerprint density at radius 3 is 2.65 bits per heavy atom. The van der Waals surface area contributed by atoms with Gasteiger partial charge in [-0.2, -0.15) is 0 Å². The number of morpholine rings is 1. The van der Waals surface area contributed by atoms with Gasteiger partial charge in [-0.05, 0) is 30.4 Å². The lowest BCUT2D eigenvalue weighted by Gasteiger charge is -2.22. The molecule has 1 fully saturated rings. The quantitative estimate of drug-likeness (QED) is 0.371. The van der Waals surface area contributed by atoms with Crippen molar-refractivity contribution in [1.82, 2.24) is 4.98 Å². The van der Waals surface area contributed by atoms with Crippen LogP contribution in [0.25, 0.3) is 34.0 Å². The highest BCUT2D eigenvalue weighted by molar-refractivity contribution is 5.89. The minimum absolute atomic E-state index is 0.0146. The molecule has 0 amide bonds. The summed E-state index contributed by atoms with van der Waals surface area (Å²) >= 11 is 0. The Balaban J connectivity index is 1.57. The Hall–Kier alpha value is -3.84. The number of nitrogens with one attached hydrogen (secondary N) is 1. The van der Waals surface area contributed by atoms with Crippen molar-refractivity contribution < 1.29 is 14.6 Å². The lowest BCUT2D eigenvalue weighted by Crippen LogP contribution is -2.40. The molecule has 0 unspecified atom stereocenters. The molecule has 154 valence electrons. The van der Waals surface area contributed by atoms with Gasteiger partial charge in [0.1, 0.15) is 24.1 Å². The summed E-state index contributed by atoms with van der Waals surface area (Å²) in [4.78, 5) is 21.4. The molecule has 0 spiro atoms. The van der Waals surface area contributed by atoms with Gasteiger partial charge < -0.3 is 4.74 Å². The molecule has 1 saturated heterocycles. The predicted octanol–water partition coefficient (Wildman–Crippen LogP) is 4.12. The van der Waals surface area contributed by atoms with E-state index < -0.39 is 4.92 Å². The third-order valence-corrected chi connectivity index (χ3v) is 5.48. The van der Waals surface area contributed by atoms with Crippen LogP contribution in [0.3, 0.4) is 0 Å². The second kappa shape index (κ2) is 8.12. The number of ether oxygens (including phenoxy) is 1. The van der Waals surface area contributed by atoms with Crippen LogP contribution < -0.4 is 9.88 Å². The van der Waals surface area contributed by atoms with E-state index in [1.54, 1.807) is 6.07 Å². The fourth-order valence-electron chi connectivity index (χ4n) is 3.91. The standard InChI is InChI=1S/C24H20N4O3/c29-28(30)22-7-3-5-17-8-10-20(25-23(17)22)11-9-19-16-18-4-1-2-6-21(18)26-24(19)27-12-14-31-15-13-27/h1-11,16H,12-15H2/p+1/b11-9+. The molecule has 4 aromatic rings. The Morgan fingerprint density at radius 2 is 1.81 bits per heavy atom. The number of hydrogen-bond acceptors (Lipinski definition) is 5. The first kappa shape index (κ1) is 19.1. The molecule has 0 saturated carbocycles. The van der Waals surface area contributed by atoms with E-state index in [1.807, 2.05) is 42.5 Å². The third kappa shape index (κ3) is 3.83. The number of nitrogens with zero attached hydrogens (tertiary/aromatic N) is 3. The molecule has 1 aliphatic heterocycles. The largest absolute Gasteiger partial charge is 0.373 e. The number of nitro benzene ring substituents is 1. The van der Waals surface area contributed by atoms with Gasteiger partial charge in [-0.15, -0.1) is 0 Å². The number of H-pyrrole nitrogens is 1. The zero-order chi connectivity index (χ0) is 21.2. The number of rotatable bonds is 4. The molecule has 0 bridgehead atoms. The first-order valence-corrected chi connectivity index (χ1v) is 10.2. The van der Waals surface area contributed by atoms with Gasteiger partial charge in [-0.1, -0.05) is 36.4 Å². The maximum absolute atomic E-state index is 11.4. The summed E-state index contributed by atoms with van der Waals surface area (Å²) in [6.07, 6.45) is 3.91. The van der Waals surface area contributed by atoms with E-state index in [2.05, 4.69) is 33.1 Å². The van der Waals surface area contributed by atoms with E-state index in [0.717, 1.165) is 40.8 Å². The van der Waals surface area contributed by atoms with Crippen LogP contribution in [0, 0.1) is 10.1 Å². The Bertz CT molecular complexity index is 1310. The van der Waals surface area contributed by atoms with Crippen LogP contribution in [0.2, 0.25) is 0 Å². The number of anilines is 1. The summed E-state index contributed by atoms with van der Waals surface area (Å²) in [7, 11) is 0. The zero-order valence-corrected chi connectivity index (χ0v) is 16.8. The number of pyridine rings is 2. The van der Waals surface area contributed by atoms with Crippen molar-refractivity contribution in [3.63, 3.8) is 0 Å². The van der Waals surface area contributed by atoms with Crippen molar-refractivity contribution in [2.24, 2.45) is 0 Å². The summed E-state index contributed by atoms with van der Waals surface area (Å²) in [6.45, 7) is 3.02. The SMILES string of the molecule is O=[N+]([O-])c1cccc2ccc(/C=C/c3cc4ccccc4[nH+]c3N3CCOCC3)nc12. The molecule has 1 N–H and O–H groups in total. The molecule has 3 heterocycles. The van der Waals surface area contributed by atoms with E-state index >= 15 is 0 Å². The number of benzene rings is 2. The van der Waals surface area contributed by atoms with Gasteiger partial charge in [0.2, 0.25) is 0 Å². The second-order valence-corrected chi connectivity index (χ2v) is 7.44. The monoisotopic (exact) mass is 413 g/mol. The molecule has 0 atom stereocenters. The molecule has 2 aromatic carbocycles. The topological polar surface area (TPSA) is 82.6 Å². The van der Waals surface area contributed by atoms with Crippen LogP contribution in [-0.2, 0) is 4.74 Å². The summed E-state index contributed by atoms with van der Waals surface area (Å²) in [6, 6.07) is 19.1. The first-order valence-electron chi connectivity index (χ1n) is 10.2. The summed E-state index contributed by atoms with van der Waals surface area (Å²) in [5.74, 6) is 1.03. The normalized spacial score (nSPS) is 14.5. The third-order valence-electron chi connectivity index (χ3n) is 5.48. The number of aromatic amines is 1. The molecular weight excluding hydrogens is 392 g/mol. The van der Waals surface area contributed by atoms with Gasteiger partial charge in [-0.3, -0.25) is 15.0 Å². The summed E-state index contributed by atoms with van der Waals surface area (Å²) in [5, 5.41) is 13.2. The highest BCUT2D eigenvalue weighted by Crippen LogP contribution is 2.26. The van der Waals surface area contributed by atoms with Crippen LogP contribution in [0.5, 0.6) is 0 Å². The molecule has 5 rings (SSSR count). The summed E-state index contributed by atoms with van der Waals surface area (Å²) in [5.41, 5.74) is 3.18. The van der Waals surface area contributed by atoms with Crippen LogP contribution in [-0.4, -0.2) is 36.2 Å². The molecule has 0 radical (unpaired) electrons. The van der Waals surface area contributed by atoms with Crippen molar-refractivity contribution in [1.29, 1.82) is 0 Å². The molecule has 0 aliphatic carbocycles. The van der Waals surface area contributed by atoms with Crippen molar-refractivity contribution in [3.8, 4) is 0 Å². The van der Waals surface area contributed by atoms with Crippen molar-refractivity contribution in [2.45, 2.75) is 0 Å².